The summed E-state index contributed by atoms with van der Waals surface area (Å²) in [5.41, 5.74) is 2.39. The van der Waals surface area contributed by atoms with Crippen LogP contribution in [0.4, 0.5) is 0 Å². The Kier molecular flexibility index (Phi) is 4.03. The summed E-state index contributed by atoms with van der Waals surface area (Å²) in [5.74, 6) is -0.470. The maximum Gasteiger partial charge on any atom is 0.286 e. The number of nitrogens with zero attached hydrogens (tertiary/aromatic N) is 1. The zero-order valence-corrected chi connectivity index (χ0v) is 9.06. The summed E-state index contributed by atoms with van der Waals surface area (Å²) in [6.07, 6.45) is 1.12. The number of benzene rings is 1. The molecule has 3 heteroatoms. The van der Waals surface area contributed by atoms with Crippen LogP contribution in [0.5, 0.6) is 0 Å². The molecular weight excluding hydrogens is 190 g/mol. The lowest BCUT2D eigenvalue weighted by molar-refractivity contribution is -0.137. The monoisotopic (exact) mass is 205 g/mol. The summed E-state index contributed by atoms with van der Waals surface area (Å²) >= 11 is 0. The van der Waals surface area contributed by atoms with Gasteiger partial charge in [-0.2, -0.15) is 0 Å². The van der Waals surface area contributed by atoms with Gasteiger partial charge >= 0.3 is 0 Å². The number of amides is 1. The molecule has 0 saturated carbocycles. The third kappa shape index (κ3) is 3.54. The number of aryl methyl sites for hydroxylation is 1. The van der Waals surface area contributed by atoms with Gasteiger partial charge in [0, 0.05) is 13.6 Å². The predicted molar refractivity (Wildman–Crippen MR) is 58.6 cm³/mol. The van der Waals surface area contributed by atoms with Gasteiger partial charge in [-0.3, -0.25) is 9.59 Å². The Hall–Kier alpha value is -1.64. The molecule has 1 aromatic carbocycles. The third-order valence-corrected chi connectivity index (χ3v) is 2.33. The Morgan fingerprint density at radius 1 is 1.33 bits per heavy atom. The van der Waals surface area contributed by atoms with E-state index in [9.17, 15) is 9.59 Å². The van der Waals surface area contributed by atoms with Gasteiger partial charge in [0.05, 0.1) is 0 Å². The van der Waals surface area contributed by atoms with Crippen LogP contribution < -0.4 is 0 Å². The van der Waals surface area contributed by atoms with Gasteiger partial charge in [0.15, 0.2) is 0 Å². The van der Waals surface area contributed by atoms with Gasteiger partial charge < -0.3 is 4.90 Å². The van der Waals surface area contributed by atoms with Crippen LogP contribution >= 0.6 is 0 Å². The first-order chi connectivity index (χ1) is 7.13. The minimum absolute atomic E-state index is 0.342. The molecule has 0 unspecified atom stereocenters. The van der Waals surface area contributed by atoms with E-state index in [1.165, 1.54) is 16.0 Å². The molecule has 1 rings (SSSR count). The lowest BCUT2D eigenvalue weighted by Gasteiger charge is -2.13. The highest BCUT2D eigenvalue weighted by molar-refractivity contribution is 6.23. The normalized spacial score (nSPS) is 9.73. The van der Waals surface area contributed by atoms with Crippen LogP contribution in [0.1, 0.15) is 11.1 Å². The molecule has 0 heterocycles. The maximum absolute atomic E-state index is 10.9. The number of carbonyl (C=O) groups is 2. The van der Waals surface area contributed by atoms with Crippen molar-refractivity contribution in [1.29, 1.82) is 0 Å². The molecule has 0 aliphatic rings. The Bertz CT molecular complexity index is 343. The molecule has 1 amide bonds. The molecule has 0 N–H and O–H groups in total. The maximum atomic E-state index is 10.9. The largest absolute Gasteiger partial charge is 0.339 e. The predicted octanol–water partition coefficient (Wildman–Crippen LogP) is 1.19. The van der Waals surface area contributed by atoms with E-state index in [0.717, 1.165) is 6.42 Å². The van der Waals surface area contributed by atoms with Crippen molar-refractivity contribution in [2.24, 2.45) is 0 Å². The molecule has 0 aliphatic heterocycles. The molecule has 15 heavy (non-hydrogen) atoms. The van der Waals surface area contributed by atoms with Crippen molar-refractivity contribution in [3.8, 4) is 0 Å². The van der Waals surface area contributed by atoms with Gasteiger partial charge in [0.1, 0.15) is 0 Å². The summed E-state index contributed by atoms with van der Waals surface area (Å²) in [6, 6.07) is 8.15. The summed E-state index contributed by atoms with van der Waals surface area (Å²) in [5, 5.41) is 0. The molecule has 0 fully saturated rings. The lowest BCUT2D eigenvalue weighted by Crippen LogP contribution is -2.29. The van der Waals surface area contributed by atoms with Crippen LogP contribution in [0.2, 0.25) is 0 Å². The molecule has 0 aliphatic carbocycles. The minimum Gasteiger partial charge on any atom is -0.339 e. The number of hydrogen-bond acceptors (Lipinski definition) is 2. The first-order valence-electron chi connectivity index (χ1n) is 4.89. The number of carbonyl (C=O) groups excluding carboxylic acids is 2. The number of aldehydes is 1. The molecule has 0 spiro atoms. The Labute approximate surface area is 89.7 Å². The van der Waals surface area contributed by atoms with E-state index in [1.54, 1.807) is 7.05 Å². The first-order valence-corrected chi connectivity index (χ1v) is 4.89. The molecule has 0 saturated heterocycles. The Balaban J connectivity index is 2.46. The Morgan fingerprint density at radius 2 is 1.93 bits per heavy atom. The van der Waals surface area contributed by atoms with E-state index in [-0.39, 0.29) is 0 Å². The van der Waals surface area contributed by atoms with Crippen LogP contribution in [0.25, 0.3) is 0 Å². The number of likely N-dealkylation sites (N-methyl/N-ethyl adjacent to an activating group) is 1. The van der Waals surface area contributed by atoms with Crippen LogP contribution in [0.15, 0.2) is 24.3 Å². The molecule has 1 aromatic rings. The fourth-order valence-corrected chi connectivity index (χ4v) is 1.25. The highest BCUT2D eigenvalue weighted by Gasteiger charge is 2.05. The molecular formula is C12H15NO2. The molecule has 0 bridgehead atoms. The molecule has 0 atom stereocenters. The lowest BCUT2D eigenvalue weighted by atomic mass is 10.1. The molecule has 3 nitrogen and oxygen atoms in total. The van der Waals surface area contributed by atoms with Gasteiger partial charge in [0.25, 0.3) is 5.91 Å². The zero-order chi connectivity index (χ0) is 11.3. The molecule has 80 valence electrons. The number of hydrogen-bond donors (Lipinski definition) is 0. The summed E-state index contributed by atoms with van der Waals surface area (Å²) in [4.78, 5) is 22.6. The average molecular weight is 205 g/mol. The van der Waals surface area contributed by atoms with Gasteiger partial charge in [0.2, 0.25) is 6.29 Å². The summed E-state index contributed by atoms with van der Waals surface area (Å²) in [6.45, 7) is 2.60. The quantitative estimate of drug-likeness (QED) is 0.547. The third-order valence-electron chi connectivity index (χ3n) is 2.33. The molecule has 0 radical (unpaired) electrons. The standard InChI is InChI=1S/C12H15NO2/c1-10-3-5-11(6-4-10)7-8-13(2)12(15)9-14/h3-6,9H,7-8H2,1-2H3. The zero-order valence-electron chi connectivity index (χ0n) is 9.06. The number of rotatable bonds is 4. The van der Waals surface area contributed by atoms with Gasteiger partial charge in [-0.25, -0.2) is 0 Å². The van der Waals surface area contributed by atoms with Crippen molar-refractivity contribution >= 4 is 12.2 Å². The Morgan fingerprint density at radius 3 is 2.47 bits per heavy atom. The smallest absolute Gasteiger partial charge is 0.286 e. The second kappa shape index (κ2) is 5.29. The van der Waals surface area contributed by atoms with Crippen molar-refractivity contribution in [1.82, 2.24) is 4.90 Å². The van der Waals surface area contributed by atoms with E-state index in [4.69, 9.17) is 0 Å². The van der Waals surface area contributed by atoms with Gasteiger partial charge in [-0.05, 0) is 18.9 Å². The van der Waals surface area contributed by atoms with Crippen molar-refractivity contribution in [2.45, 2.75) is 13.3 Å². The summed E-state index contributed by atoms with van der Waals surface area (Å²) < 4.78 is 0. The van der Waals surface area contributed by atoms with E-state index >= 15 is 0 Å². The fraction of sp³-hybridized carbons (Fsp3) is 0.333. The van der Waals surface area contributed by atoms with Crippen LogP contribution in [0, 0.1) is 6.92 Å². The van der Waals surface area contributed by atoms with E-state index in [2.05, 4.69) is 0 Å². The van der Waals surface area contributed by atoms with Gasteiger partial charge in [-0.15, -0.1) is 0 Å². The van der Waals surface area contributed by atoms with Crippen LogP contribution in [-0.4, -0.2) is 30.7 Å². The topological polar surface area (TPSA) is 37.4 Å². The van der Waals surface area contributed by atoms with Crippen molar-refractivity contribution in [3.63, 3.8) is 0 Å². The van der Waals surface area contributed by atoms with Crippen molar-refractivity contribution < 1.29 is 9.59 Å². The van der Waals surface area contributed by atoms with Gasteiger partial charge in [-0.1, -0.05) is 29.8 Å². The van der Waals surface area contributed by atoms with Crippen molar-refractivity contribution in [2.75, 3.05) is 13.6 Å². The molecule has 0 aromatic heterocycles. The van der Waals surface area contributed by atoms with Crippen LogP contribution in [-0.2, 0) is 16.0 Å². The highest BCUT2D eigenvalue weighted by atomic mass is 16.2. The summed E-state index contributed by atoms with van der Waals surface area (Å²) in [7, 11) is 1.63. The second-order valence-electron chi connectivity index (χ2n) is 3.61. The van der Waals surface area contributed by atoms with E-state index < -0.39 is 5.91 Å². The second-order valence-corrected chi connectivity index (χ2v) is 3.61. The van der Waals surface area contributed by atoms with Crippen molar-refractivity contribution in [3.05, 3.63) is 35.4 Å². The van der Waals surface area contributed by atoms with E-state index in [0.29, 0.717) is 12.8 Å². The van der Waals surface area contributed by atoms with E-state index in [1.807, 2.05) is 31.2 Å². The SMILES string of the molecule is Cc1ccc(CCN(C)C(=O)C=O)cc1. The van der Waals surface area contributed by atoms with Crippen LogP contribution in [0.3, 0.4) is 0 Å². The highest BCUT2D eigenvalue weighted by Crippen LogP contribution is 2.04. The first kappa shape index (κ1) is 11.4. The fourth-order valence-electron chi connectivity index (χ4n) is 1.25. The average Bonchev–Trinajstić information content (AvgIpc) is 2.26. The minimum atomic E-state index is -0.470.